The van der Waals surface area contributed by atoms with Crippen molar-refractivity contribution in [2.75, 3.05) is 32.7 Å². The second-order valence-electron chi connectivity index (χ2n) is 4.03. The molecule has 1 heterocycles. The highest BCUT2D eigenvalue weighted by Crippen LogP contribution is 2.08. The molecule has 0 unspecified atom stereocenters. The van der Waals surface area contributed by atoms with E-state index in [1.807, 2.05) is 0 Å². The van der Waals surface area contributed by atoms with Gasteiger partial charge in [-0.25, -0.2) is 4.79 Å². The summed E-state index contributed by atoms with van der Waals surface area (Å²) in [5.74, 6) is 0. The van der Waals surface area contributed by atoms with Gasteiger partial charge in [0.15, 0.2) is 0 Å². The predicted octanol–water partition coefficient (Wildman–Crippen LogP) is 1.12. The molecule has 1 rings (SSSR count). The van der Waals surface area contributed by atoms with E-state index in [1.54, 1.807) is 6.08 Å². The molecule has 2 N–H and O–H groups in total. The zero-order valence-corrected chi connectivity index (χ0v) is 9.96. The molecule has 0 saturated carbocycles. The molecule has 0 aromatic heterocycles. The smallest absolute Gasteiger partial charge is 0.315 e. The minimum absolute atomic E-state index is 0.122. The molecule has 1 aliphatic rings. The molecule has 0 spiro atoms. The number of urea groups is 1. The molecule has 0 aliphatic carbocycles. The molecule has 2 amide bonds. The second kappa shape index (κ2) is 7.06. The van der Waals surface area contributed by atoms with Crippen LogP contribution in [0.3, 0.4) is 0 Å². The second-order valence-corrected chi connectivity index (χ2v) is 4.03. The van der Waals surface area contributed by atoms with E-state index in [2.05, 4.69) is 35.1 Å². The van der Waals surface area contributed by atoms with Gasteiger partial charge in [0.2, 0.25) is 0 Å². The number of amides is 2. The molecule has 0 atom stereocenters. The van der Waals surface area contributed by atoms with E-state index in [-0.39, 0.29) is 6.03 Å². The predicted molar refractivity (Wildman–Crippen MR) is 66.4 cm³/mol. The average Bonchev–Trinajstić information content (AvgIpc) is 2.29. The van der Waals surface area contributed by atoms with Crippen LogP contribution < -0.4 is 10.6 Å². The standard InChI is InChI=1S/C12H21N3O/c1-3-6-13-12(16)14-7-10-15-8-4-11(2)5-9-15/h3-4H,1,5-10H2,2H3,(H2,13,14,16). The molecule has 90 valence electrons. The van der Waals surface area contributed by atoms with E-state index in [1.165, 1.54) is 5.57 Å². The fourth-order valence-electron chi connectivity index (χ4n) is 1.57. The zero-order valence-electron chi connectivity index (χ0n) is 9.96. The van der Waals surface area contributed by atoms with Crippen LogP contribution in [0.2, 0.25) is 0 Å². The minimum Gasteiger partial charge on any atom is -0.337 e. The Morgan fingerprint density at radius 2 is 2.44 bits per heavy atom. The Kier molecular flexibility index (Phi) is 5.64. The number of hydrogen-bond donors (Lipinski definition) is 2. The van der Waals surface area contributed by atoms with Gasteiger partial charge in [-0.1, -0.05) is 17.7 Å². The Labute approximate surface area is 97.4 Å². The summed E-state index contributed by atoms with van der Waals surface area (Å²) in [7, 11) is 0. The summed E-state index contributed by atoms with van der Waals surface area (Å²) in [4.78, 5) is 13.5. The van der Waals surface area contributed by atoms with E-state index in [0.29, 0.717) is 13.1 Å². The molecule has 0 fully saturated rings. The van der Waals surface area contributed by atoms with Crippen LogP contribution in [0, 0.1) is 0 Å². The number of rotatable bonds is 5. The highest BCUT2D eigenvalue weighted by Gasteiger charge is 2.08. The van der Waals surface area contributed by atoms with Gasteiger partial charge in [0.1, 0.15) is 0 Å². The van der Waals surface area contributed by atoms with E-state index < -0.39 is 0 Å². The summed E-state index contributed by atoms with van der Waals surface area (Å²) in [6, 6.07) is -0.122. The molecule has 4 nitrogen and oxygen atoms in total. The third kappa shape index (κ3) is 4.98. The van der Waals surface area contributed by atoms with E-state index >= 15 is 0 Å². The van der Waals surface area contributed by atoms with Crippen molar-refractivity contribution in [2.45, 2.75) is 13.3 Å². The lowest BCUT2D eigenvalue weighted by Crippen LogP contribution is -2.41. The first-order chi connectivity index (χ1) is 7.72. The first-order valence-corrected chi connectivity index (χ1v) is 5.73. The van der Waals surface area contributed by atoms with Gasteiger partial charge in [-0.2, -0.15) is 0 Å². The van der Waals surface area contributed by atoms with Crippen molar-refractivity contribution in [1.82, 2.24) is 15.5 Å². The van der Waals surface area contributed by atoms with Crippen LogP contribution in [-0.4, -0.2) is 43.7 Å². The topological polar surface area (TPSA) is 44.4 Å². The van der Waals surface area contributed by atoms with Crippen LogP contribution in [0.1, 0.15) is 13.3 Å². The molecule has 0 saturated heterocycles. The van der Waals surface area contributed by atoms with Gasteiger partial charge < -0.3 is 10.6 Å². The highest BCUT2D eigenvalue weighted by atomic mass is 16.2. The van der Waals surface area contributed by atoms with Gasteiger partial charge in [0, 0.05) is 32.7 Å². The van der Waals surface area contributed by atoms with Gasteiger partial charge in [-0.05, 0) is 13.3 Å². The van der Waals surface area contributed by atoms with Gasteiger partial charge in [-0.3, -0.25) is 4.90 Å². The Bertz CT molecular complexity index is 273. The highest BCUT2D eigenvalue weighted by molar-refractivity contribution is 5.73. The third-order valence-corrected chi connectivity index (χ3v) is 2.64. The number of nitrogens with one attached hydrogen (secondary N) is 2. The average molecular weight is 223 g/mol. The van der Waals surface area contributed by atoms with Crippen molar-refractivity contribution in [1.29, 1.82) is 0 Å². The number of hydrogen-bond acceptors (Lipinski definition) is 2. The van der Waals surface area contributed by atoms with Crippen LogP contribution in [0.25, 0.3) is 0 Å². The van der Waals surface area contributed by atoms with E-state index in [4.69, 9.17) is 0 Å². The summed E-state index contributed by atoms with van der Waals surface area (Å²) in [5.41, 5.74) is 1.47. The summed E-state index contributed by atoms with van der Waals surface area (Å²) in [6.07, 6.45) is 5.06. The van der Waals surface area contributed by atoms with Crippen LogP contribution in [0.4, 0.5) is 4.79 Å². The van der Waals surface area contributed by atoms with E-state index in [9.17, 15) is 4.79 Å². The lowest BCUT2D eigenvalue weighted by atomic mass is 10.1. The first-order valence-electron chi connectivity index (χ1n) is 5.73. The fraction of sp³-hybridized carbons (Fsp3) is 0.583. The van der Waals surface area contributed by atoms with Crippen molar-refractivity contribution < 1.29 is 4.79 Å². The maximum absolute atomic E-state index is 11.2. The molecule has 0 aromatic rings. The van der Waals surface area contributed by atoms with E-state index in [0.717, 1.165) is 26.1 Å². The lowest BCUT2D eigenvalue weighted by Gasteiger charge is -2.25. The van der Waals surface area contributed by atoms with Crippen LogP contribution in [-0.2, 0) is 0 Å². The molecule has 16 heavy (non-hydrogen) atoms. The molecule has 0 aromatic carbocycles. The normalized spacial score (nSPS) is 16.4. The number of nitrogens with zero attached hydrogens (tertiary/aromatic N) is 1. The van der Waals surface area contributed by atoms with Gasteiger partial charge in [-0.15, -0.1) is 6.58 Å². The monoisotopic (exact) mass is 223 g/mol. The summed E-state index contributed by atoms with van der Waals surface area (Å²) >= 11 is 0. The molecule has 4 heteroatoms. The quantitative estimate of drug-likeness (QED) is 0.686. The van der Waals surface area contributed by atoms with Crippen LogP contribution in [0.15, 0.2) is 24.3 Å². The van der Waals surface area contributed by atoms with Crippen molar-refractivity contribution >= 4 is 6.03 Å². The molecular weight excluding hydrogens is 202 g/mol. The van der Waals surface area contributed by atoms with Crippen molar-refractivity contribution in [3.05, 3.63) is 24.3 Å². The SMILES string of the molecule is C=CCNC(=O)NCCN1CC=C(C)CC1. The van der Waals surface area contributed by atoms with Crippen molar-refractivity contribution in [3.63, 3.8) is 0 Å². The van der Waals surface area contributed by atoms with Crippen LogP contribution >= 0.6 is 0 Å². The number of carbonyl (C=O) groups excluding carboxylic acids is 1. The third-order valence-electron chi connectivity index (χ3n) is 2.64. The Balaban J connectivity index is 2.07. The van der Waals surface area contributed by atoms with Crippen LogP contribution in [0.5, 0.6) is 0 Å². The molecule has 0 radical (unpaired) electrons. The fourth-order valence-corrected chi connectivity index (χ4v) is 1.57. The van der Waals surface area contributed by atoms with Gasteiger partial charge >= 0.3 is 6.03 Å². The summed E-state index contributed by atoms with van der Waals surface area (Å²) in [6.45, 7) is 9.91. The summed E-state index contributed by atoms with van der Waals surface area (Å²) < 4.78 is 0. The van der Waals surface area contributed by atoms with Crippen molar-refractivity contribution in [3.8, 4) is 0 Å². The Morgan fingerprint density at radius 3 is 3.06 bits per heavy atom. The van der Waals surface area contributed by atoms with Gasteiger partial charge in [0.05, 0.1) is 0 Å². The largest absolute Gasteiger partial charge is 0.337 e. The summed E-state index contributed by atoms with van der Waals surface area (Å²) in [5, 5.41) is 5.49. The maximum Gasteiger partial charge on any atom is 0.315 e. The van der Waals surface area contributed by atoms with Gasteiger partial charge in [0.25, 0.3) is 0 Å². The maximum atomic E-state index is 11.2. The molecular formula is C12H21N3O. The Hall–Kier alpha value is -1.29. The first kappa shape index (κ1) is 12.8. The molecule has 0 bridgehead atoms. The Morgan fingerprint density at radius 1 is 1.62 bits per heavy atom. The molecule has 1 aliphatic heterocycles. The lowest BCUT2D eigenvalue weighted by molar-refractivity contribution is 0.237. The van der Waals surface area contributed by atoms with Crippen molar-refractivity contribution in [2.24, 2.45) is 0 Å². The zero-order chi connectivity index (χ0) is 11.8. The minimum atomic E-state index is -0.122. The number of carbonyl (C=O) groups is 1.